The number of hydrogen-bond donors (Lipinski definition) is 1. The van der Waals surface area contributed by atoms with Gasteiger partial charge in [-0.05, 0) is 30.3 Å². The molecule has 1 fully saturated rings. The van der Waals surface area contributed by atoms with E-state index in [1.165, 1.54) is 12.1 Å². The standard InChI is InChI=1S/C23H18ClNO5/c24-18-11-19(25-22(26)15-7-3-1-4-8-15)21(29-14-17-13-28-17)12-20(18)30-23(27)16-9-5-2-6-10-16/h1-12,17H,13-14H2,(H,25,26)/t17-/m0/s1. The first-order valence-corrected chi connectivity index (χ1v) is 9.69. The molecule has 1 heterocycles. The number of ether oxygens (including phenoxy) is 3. The Labute approximate surface area is 178 Å². The van der Waals surface area contributed by atoms with Crippen LogP contribution in [0, 0.1) is 0 Å². The van der Waals surface area contributed by atoms with Crippen LogP contribution in [0.3, 0.4) is 0 Å². The van der Waals surface area contributed by atoms with Gasteiger partial charge in [-0.2, -0.15) is 0 Å². The number of anilines is 1. The van der Waals surface area contributed by atoms with E-state index in [4.69, 9.17) is 25.8 Å². The summed E-state index contributed by atoms with van der Waals surface area (Å²) >= 11 is 6.33. The van der Waals surface area contributed by atoms with Gasteiger partial charge in [-0.15, -0.1) is 0 Å². The zero-order chi connectivity index (χ0) is 20.9. The zero-order valence-corrected chi connectivity index (χ0v) is 16.6. The van der Waals surface area contributed by atoms with Crippen molar-refractivity contribution in [2.24, 2.45) is 0 Å². The van der Waals surface area contributed by atoms with Crippen molar-refractivity contribution in [2.45, 2.75) is 6.10 Å². The van der Waals surface area contributed by atoms with Crippen LogP contribution in [-0.2, 0) is 4.74 Å². The number of benzene rings is 3. The Morgan fingerprint density at radius 3 is 2.23 bits per heavy atom. The summed E-state index contributed by atoms with van der Waals surface area (Å²) in [6.45, 7) is 0.928. The van der Waals surface area contributed by atoms with Crippen molar-refractivity contribution < 1.29 is 23.8 Å². The molecular formula is C23H18ClNO5. The molecule has 1 N–H and O–H groups in total. The summed E-state index contributed by atoms with van der Waals surface area (Å²) in [6.07, 6.45) is 0.00803. The van der Waals surface area contributed by atoms with Crippen molar-refractivity contribution in [2.75, 3.05) is 18.5 Å². The number of amides is 1. The van der Waals surface area contributed by atoms with Crippen LogP contribution in [0.25, 0.3) is 0 Å². The lowest BCUT2D eigenvalue weighted by Gasteiger charge is -2.15. The Bertz CT molecular complexity index is 1050. The minimum Gasteiger partial charge on any atom is -0.488 e. The van der Waals surface area contributed by atoms with Gasteiger partial charge in [0.25, 0.3) is 5.91 Å². The van der Waals surface area contributed by atoms with E-state index in [2.05, 4.69) is 5.32 Å². The van der Waals surface area contributed by atoms with Crippen molar-refractivity contribution in [1.82, 2.24) is 0 Å². The molecule has 1 saturated heterocycles. The van der Waals surface area contributed by atoms with E-state index >= 15 is 0 Å². The van der Waals surface area contributed by atoms with Crippen LogP contribution < -0.4 is 14.8 Å². The first kappa shape index (κ1) is 19.9. The monoisotopic (exact) mass is 423 g/mol. The van der Waals surface area contributed by atoms with Crippen LogP contribution in [0.5, 0.6) is 11.5 Å². The molecule has 7 heteroatoms. The van der Waals surface area contributed by atoms with Gasteiger partial charge < -0.3 is 19.5 Å². The van der Waals surface area contributed by atoms with Gasteiger partial charge in [0, 0.05) is 11.6 Å². The van der Waals surface area contributed by atoms with Gasteiger partial charge in [-0.3, -0.25) is 4.79 Å². The fraction of sp³-hybridized carbons (Fsp3) is 0.130. The number of esters is 1. The molecule has 0 aromatic heterocycles. The Balaban J connectivity index is 1.58. The highest BCUT2D eigenvalue weighted by Crippen LogP contribution is 2.37. The zero-order valence-electron chi connectivity index (χ0n) is 15.8. The van der Waals surface area contributed by atoms with Gasteiger partial charge in [-0.25, -0.2) is 4.79 Å². The molecule has 0 aliphatic carbocycles. The van der Waals surface area contributed by atoms with Crippen molar-refractivity contribution in [3.8, 4) is 11.5 Å². The highest BCUT2D eigenvalue weighted by Gasteiger charge is 2.25. The summed E-state index contributed by atoms with van der Waals surface area (Å²) in [5.41, 5.74) is 1.25. The van der Waals surface area contributed by atoms with E-state index < -0.39 is 5.97 Å². The summed E-state index contributed by atoms with van der Waals surface area (Å²) in [5.74, 6) is -0.395. The number of rotatable bonds is 7. The van der Waals surface area contributed by atoms with Gasteiger partial charge in [0.15, 0.2) is 5.75 Å². The summed E-state index contributed by atoms with van der Waals surface area (Å²) in [6, 6.07) is 20.3. The molecule has 1 aliphatic heterocycles. The summed E-state index contributed by atoms with van der Waals surface area (Å²) in [7, 11) is 0. The molecule has 0 saturated carbocycles. The molecule has 30 heavy (non-hydrogen) atoms. The molecule has 3 aromatic carbocycles. The van der Waals surface area contributed by atoms with Crippen molar-refractivity contribution in [1.29, 1.82) is 0 Å². The molecule has 6 nitrogen and oxygen atoms in total. The third-order valence-corrected chi connectivity index (χ3v) is 4.65. The Morgan fingerprint density at radius 1 is 0.967 bits per heavy atom. The second kappa shape index (κ2) is 8.98. The molecule has 0 bridgehead atoms. The lowest BCUT2D eigenvalue weighted by atomic mass is 10.2. The van der Waals surface area contributed by atoms with Gasteiger partial charge in [0.05, 0.1) is 22.9 Å². The molecule has 152 valence electrons. The van der Waals surface area contributed by atoms with Crippen LogP contribution in [0.1, 0.15) is 20.7 Å². The Hall–Kier alpha value is -3.35. The predicted octanol–water partition coefficient (Wildman–Crippen LogP) is 4.59. The van der Waals surface area contributed by atoms with E-state index in [9.17, 15) is 9.59 Å². The summed E-state index contributed by atoms with van der Waals surface area (Å²) < 4.78 is 16.4. The van der Waals surface area contributed by atoms with Crippen LogP contribution in [-0.4, -0.2) is 31.2 Å². The number of nitrogens with one attached hydrogen (secondary N) is 1. The van der Waals surface area contributed by atoms with E-state index in [0.29, 0.717) is 35.8 Å². The number of epoxide rings is 1. The first-order valence-electron chi connectivity index (χ1n) is 9.32. The molecule has 0 spiro atoms. The van der Waals surface area contributed by atoms with Crippen molar-refractivity contribution >= 4 is 29.2 Å². The SMILES string of the molecule is O=C(Nc1cc(Cl)c(OC(=O)c2ccccc2)cc1OC[C@@H]1CO1)c1ccccc1. The second-order valence-electron chi connectivity index (χ2n) is 6.62. The maximum absolute atomic E-state index is 12.6. The molecule has 0 radical (unpaired) electrons. The van der Waals surface area contributed by atoms with Crippen LogP contribution in [0.2, 0.25) is 5.02 Å². The van der Waals surface area contributed by atoms with E-state index in [1.54, 1.807) is 54.6 Å². The normalized spacial score (nSPS) is 14.6. The van der Waals surface area contributed by atoms with Crippen molar-refractivity contribution in [3.05, 3.63) is 88.9 Å². The maximum Gasteiger partial charge on any atom is 0.343 e. The highest BCUT2D eigenvalue weighted by molar-refractivity contribution is 6.32. The average molecular weight is 424 g/mol. The van der Waals surface area contributed by atoms with E-state index in [1.807, 2.05) is 6.07 Å². The largest absolute Gasteiger partial charge is 0.488 e. The minimum absolute atomic E-state index is 0.00803. The van der Waals surface area contributed by atoms with Gasteiger partial charge in [-0.1, -0.05) is 48.0 Å². The third kappa shape index (κ3) is 4.97. The first-order chi connectivity index (χ1) is 14.6. The smallest absolute Gasteiger partial charge is 0.343 e. The highest BCUT2D eigenvalue weighted by atomic mass is 35.5. The topological polar surface area (TPSA) is 77.2 Å². The molecular weight excluding hydrogens is 406 g/mol. The van der Waals surface area contributed by atoms with Crippen LogP contribution in [0.15, 0.2) is 72.8 Å². The number of carbonyl (C=O) groups is 2. The van der Waals surface area contributed by atoms with Crippen molar-refractivity contribution in [3.63, 3.8) is 0 Å². The quantitative estimate of drug-likeness (QED) is 0.341. The fourth-order valence-electron chi connectivity index (χ4n) is 2.69. The molecule has 4 rings (SSSR count). The molecule has 0 unspecified atom stereocenters. The number of carbonyl (C=O) groups excluding carboxylic acids is 2. The minimum atomic E-state index is -0.546. The Morgan fingerprint density at radius 2 is 1.60 bits per heavy atom. The molecule has 3 aromatic rings. The van der Waals surface area contributed by atoms with Crippen LogP contribution >= 0.6 is 11.6 Å². The maximum atomic E-state index is 12.6. The fourth-order valence-corrected chi connectivity index (χ4v) is 2.90. The molecule has 1 aliphatic rings. The lowest BCUT2D eigenvalue weighted by Crippen LogP contribution is -2.14. The summed E-state index contributed by atoms with van der Waals surface area (Å²) in [5, 5.41) is 2.96. The number of halogens is 1. The number of hydrogen-bond acceptors (Lipinski definition) is 5. The lowest BCUT2D eigenvalue weighted by molar-refractivity contribution is 0.0734. The van der Waals surface area contributed by atoms with E-state index in [0.717, 1.165) is 0 Å². The summed E-state index contributed by atoms with van der Waals surface area (Å²) in [4.78, 5) is 24.9. The third-order valence-electron chi connectivity index (χ3n) is 4.36. The van der Waals surface area contributed by atoms with Gasteiger partial charge >= 0.3 is 5.97 Å². The van der Waals surface area contributed by atoms with E-state index in [-0.39, 0.29) is 22.8 Å². The molecule has 1 atom stereocenters. The predicted molar refractivity (Wildman–Crippen MR) is 112 cm³/mol. The van der Waals surface area contributed by atoms with Gasteiger partial charge in [0.2, 0.25) is 0 Å². The molecule has 1 amide bonds. The second-order valence-corrected chi connectivity index (χ2v) is 7.03. The van der Waals surface area contributed by atoms with Crippen LogP contribution in [0.4, 0.5) is 5.69 Å². The Kier molecular flexibility index (Phi) is 5.97. The average Bonchev–Trinajstić information content (AvgIpc) is 3.60. The van der Waals surface area contributed by atoms with Gasteiger partial charge in [0.1, 0.15) is 18.5 Å².